The zero-order chi connectivity index (χ0) is 11.1. The summed E-state index contributed by atoms with van der Waals surface area (Å²) in [6.45, 7) is 6.46. The Labute approximate surface area is 90.7 Å². The van der Waals surface area contributed by atoms with Gasteiger partial charge in [0.05, 0.1) is 12.3 Å². The third kappa shape index (κ3) is 4.02. The lowest BCUT2D eigenvalue weighted by molar-refractivity contribution is 0.160. The summed E-state index contributed by atoms with van der Waals surface area (Å²) < 4.78 is 5.63. The molecule has 0 aliphatic rings. The minimum Gasteiger partial charge on any atom is -0.490 e. The average molecular weight is 207 g/mol. The van der Waals surface area contributed by atoms with E-state index in [-0.39, 0.29) is 6.10 Å². The van der Waals surface area contributed by atoms with Crippen LogP contribution in [-0.4, -0.2) is 18.9 Å². The smallest absolute Gasteiger partial charge is 0.128 e. The van der Waals surface area contributed by atoms with E-state index in [1.165, 1.54) is 0 Å². The number of rotatable bonds is 5. The molecule has 3 heteroatoms. The summed E-state index contributed by atoms with van der Waals surface area (Å²) in [4.78, 5) is 4.91. The lowest BCUT2D eigenvalue weighted by atomic mass is 10.2. The summed E-state index contributed by atoms with van der Waals surface area (Å²) in [5.41, 5.74) is 0.930. The highest BCUT2D eigenvalue weighted by atomic mass is 16.6. The summed E-state index contributed by atoms with van der Waals surface area (Å²) in [5, 5.41) is 3.82. The number of ether oxygens (including phenoxy) is 1. The fourth-order valence-corrected chi connectivity index (χ4v) is 1.12. The van der Waals surface area contributed by atoms with Gasteiger partial charge in [0.2, 0.25) is 0 Å². The third-order valence-corrected chi connectivity index (χ3v) is 1.68. The van der Waals surface area contributed by atoms with Crippen LogP contribution < -0.4 is 4.74 Å². The van der Waals surface area contributed by atoms with Gasteiger partial charge in [-0.05, 0) is 32.9 Å². The number of nitrogens with zero attached hydrogens (tertiary/aromatic N) is 1. The normalized spacial score (nSPS) is 10.9. The highest BCUT2D eigenvalue weighted by molar-refractivity contribution is 5.83. The summed E-state index contributed by atoms with van der Waals surface area (Å²) in [5.74, 6) is 0.830. The Balaban J connectivity index is 2.76. The molecular formula is C12H17NO2. The Morgan fingerprint density at radius 2 is 2.07 bits per heavy atom. The zero-order valence-electron chi connectivity index (χ0n) is 9.43. The Hall–Kier alpha value is -1.51. The summed E-state index contributed by atoms with van der Waals surface area (Å²) >= 11 is 0. The molecule has 0 spiro atoms. The van der Waals surface area contributed by atoms with Crippen molar-refractivity contribution in [2.75, 3.05) is 6.61 Å². The molecule has 0 saturated heterocycles. The quantitative estimate of drug-likeness (QED) is 0.549. The van der Waals surface area contributed by atoms with Crippen LogP contribution in [0.25, 0.3) is 0 Å². The molecule has 15 heavy (non-hydrogen) atoms. The van der Waals surface area contributed by atoms with Crippen molar-refractivity contribution in [1.29, 1.82) is 0 Å². The molecule has 0 unspecified atom stereocenters. The lowest BCUT2D eigenvalue weighted by Crippen LogP contribution is -2.07. The van der Waals surface area contributed by atoms with Crippen LogP contribution in [0.1, 0.15) is 26.3 Å². The highest BCUT2D eigenvalue weighted by Gasteiger charge is 2.02. The predicted octanol–water partition coefficient (Wildman–Crippen LogP) is 2.84. The maximum absolute atomic E-state index is 5.63. The van der Waals surface area contributed by atoms with Gasteiger partial charge in [-0.3, -0.25) is 0 Å². The molecule has 82 valence electrons. The third-order valence-electron chi connectivity index (χ3n) is 1.68. The van der Waals surface area contributed by atoms with Gasteiger partial charge in [0.1, 0.15) is 12.4 Å². The van der Waals surface area contributed by atoms with Gasteiger partial charge in [-0.25, -0.2) is 0 Å². The minimum atomic E-state index is 0.159. The second-order valence-corrected chi connectivity index (χ2v) is 3.36. The number of benzene rings is 1. The molecule has 0 N–H and O–H groups in total. The van der Waals surface area contributed by atoms with E-state index < -0.39 is 0 Å². The fraction of sp³-hybridized carbons (Fsp3) is 0.417. The maximum atomic E-state index is 5.63. The van der Waals surface area contributed by atoms with E-state index in [4.69, 9.17) is 9.57 Å². The molecule has 0 aliphatic heterocycles. The molecule has 1 aromatic carbocycles. The van der Waals surface area contributed by atoms with Crippen molar-refractivity contribution >= 4 is 6.21 Å². The van der Waals surface area contributed by atoms with Crippen LogP contribution >= 0.6 is 0 Å². The Morgan fingerprint density at radius 3 is 2.73 bits per heavy atom. The van der Waals surface area contributed by atoms with Gasteiger partial charge >= 0.3 is 0 Å². The van der Waals surface area contributed by atoms with E-state index in [9.17, 15) is 0 Å². The lowest BCUT2D eigenvalue weighted by Gasteiger charge is -2.11. The summed E-state index contributed by atoms with van der Waals surface area (Å²) in [6.07, 6.45) is 1.83. The summed E-state index contributed by atoms with van der Waals surface area (Å²) in [7, 11) is 0. The van der Waals surface area contributed by atoms with Crippen molar-refractivity contribution < 1.29 is 9.57 Å². The van der Waals surface area contributed by atoms with Crippen LogP contribution in [0.5, 0.6) is 5.75 Å². The standard InChI is InChI=1S/C12H17NO2/c1-4-14-13-9-11-7-5-6-8-12(11)15-10(2)3/h5-10H,4H2,1-3H3/b13-9+. The molecule has 0 bridgehead atoms. The molecule has 0 fully saturated rings. The van der Waals surface area contributed by atoms with E-state index in [2.05, 4.69) is 5.16 Å². The first-order valence-electron chi connectivity index (χ1n) is 5.15. The van der Waals surface area contributed by atoms with Gasteiger partial charge in [0, 0.05) is 5.56 Å². The van der Waals surface area contributed by atoms with Crippen molar-refractivity contribution in [3.05, 3.63) is 29.8 Å². The second-order valence-electron chi connectivity index (χ2n) is 3.36. The van der Waals surface area contributed by atoms with E-state index in [0.717, 1.165) is 11.3 Å². The largest absolute Gasteiger partial charge is 0.490 e. The molecule has 0 radical (unpaired) electrons. The van der Waals surface area contributed by atoms with Gasteiger partial charge in [-0.15, -0.1) is 0 Å². The molecule has 0 atom stereocenters. The average Bonchev–Trinajstić information content (AvgIpc) is 2.20. The van der Waals surface area contributed by atoms with Gasteiger partial charge in [-0.1, -0.05) is 17.3 Å². The molecule has 0 saturated carbocycles. The highest BCUT2D eigenvalue weighted by Crippen LogP contribution is 2.17. The van der Waals surface area contributed by atoms with Crippen molar-refractivity contribution in [3.8, 4) is 5.75 Å². The van der Waals surface area contributed by atoms with Crippen LogP contribution in [0.3, 0.4) is 0 Å². The van der Waals surface area contributed by atoms with Gasteiger partial charge in [0.25, 0.3) is 0 Å². The van der Waals surface area contributed by atoms with Gasteiger partial charge in [0.15, 0.2) is 0 Å². The van der Waals surface area contributed by atoms with E-state index in [1.807, 2.05) is 45.0 Å². The van der Waals surface area contributed by atoms with Crippen LogP contribution in [0.15, 0.2) is 29.4 Å². The van der Waals surface area contributed by atoms with Crippen LogP contribution in [-0.2, 0) is 4.84 Å². The van der Waals surface area contributed by atoms with Gasteiger partial charge < -0.3 is 9.57 Å². The fourth-order valence-electron chi connectivity index (χ4n) is 1.12. The Morgan fingerprint density at radius 1 is 1.33 bits per heavy atom. The molecular weight excluding hydrogens is 190 g/mol. The monoisotopic (exact) mass is 207 g/mol. The van der Waals surface area contributed by atoms with Crippen LogP contribution in [0, 0.1) is 0 Å². The topological polar surface area (TPSA) is 30.8 Å². The van der Waals surface area contributed by atoms with E-state index >= 15 is 0 Å². The van der Waals surface area contributed by atoms with Crippen LogP contribution in [0.4, 0.5) is 0 Å². The number of oxime groups is 1. The minimum absolute atomic E-state index is 0.159. The maximum Gasteiger partial charge on any atom is 0.128 e. The number of hydrogen-bond acceptors (Lipinski definition) is 3. The van der Waals surface area contributed by atoms with Crippen molar-refractivity contribution in [2.45, 2.75) is 26.9 Å². The first-order valence-corrected chi connectivity index (χ1v) is 5.15. The van der Waals surface area contributed by atoms with Crippen molar-refractivity contribution in [3.63, 3.8) is 0 Å². The van der Waals surface area contributed by atoms with Crippen molar-refractivity contribution in [1.82, 2.24) is 0 Å². The van der Waals surface area contributed by atoms with Crippen molar-refractivity contribution in [2.24, 2.45) is 5.16 Å². The van der Waals surface area contributed by atoms with Crippen LogP contribution in [0.2, 0.25) is 0 Å². The first kappa shape index (κ1) is 11.6. The zero-order valence-corrected chi connectivity index (χ0v) is 9.43. The predicted molar refractivity (Wildman–Crippen MR) is 61.4 cm³/mol. The molecule has 0 aromatic heterocycles. The number of hydrogen-bond donors (Lipinski definition) is 0. The SMILES string of the molecule is CCO/N=C/c1ccccc1OC(C)C. The Bertz CT molecular complexity index is 321. The number of para-hydroxylation sites is 1. The Kier molecular flexibility index (Phi) is 4.68. The first-order chi connectivity index (χ1) is 7.24. The molecule has 3 nitrogen and oxygen atoms in total. The van der Waals surface area contributed by atoms with E-state index in [0.29, 0.717) is 6.61 Å². The molecule has 0 aliphatic carbocycles. The van der Waals surface area contributed by atoms with Gasteiger partial charge in [-0.2, -0.15) is 0 Å². The molecule has 0 amide bonds. The second kappa shape index (κ2) is 6.06. The molecule has 0 heterocycles. The molecule has 1 aromatic rings. The summed E-state index contributed by atoms with van der Waals surface area (Å²) in [6, 6.07) is 7.75. The van der Waals surface area contributed by atoms with E-state index in [1.54, 1.807) is 6.21 Å². The molecule has 1 rings (SSSR count).